The van der Waals surface area contributed by atoms with Gasteiger partial charge in [0.25, 0.3) is 11.8 Å². The number of carboxylic acids is 2. The van der Waals surface area contributed by atoms with Crippen LogP contribution < -0.4 is 37.7 Å². The first-order chi connectivity index (χ1) is 19.4. The fraction of sp³-hybridized carbons (Fsp3) is 0.333. The van der Waals surface area contributed by atoms with Crippen LogP contribution in [0.4, 0.5) is 16.8 Å². The van der Waals surface area contributed by atoms with E-state index in [2.05, 4.69) is 25.8 Å². The topological polar surface area (TPSA) is 268 Å². The van der Waals surface area contributed by atoms with Crippen LogP contribution in [0.15, 0.2) is 33.0 Å². The van der Waals surface area contributed by atoms with Crippen LogP contribution in [0.2, 0.25) is 0 Å². The second-order valence-corrected chi connectivity index (χ2v) is 11.4. The Balaban J connectivity index is 1.52. The molecule has 0 radical (unpaired) electrons. The number of thioether (sulfide) groups is 2. The average Bonchev–Trinajstić information content (AvgIpc) is 3.36. The van der Waals surface area contributed by atoms with Gasteiger partial charge in [-0.05, 0) is 24.3 Å². The van der Waals surface area contributed by atoms with E-state index in [0.717, 1.165) is 28.0 Å². The van der Waals surface area contributed by atoms with Crippen LogP contribution >= 0.6 is 34.9 Å². The number of carbonyl (C=O) groups is 4. The number of amides is 2. The number of fused-ring (bicyclic) bond motifs is 1. The van der Waals surface area contributed by atoms with Crippen molar-refractivity contribution < 1.29 is 38.9 Å². The van der Waals surface area contributed by atoms with E-state index >= 15 is 0 Å². The molecule has 0 spiro atoms. The lowest BCUT2D eigenvalue weighted by Gasteiger charge is -2.50. The number of oxime groups is 1. The van der Waals surface area contributed by atoms with E-state index in [9.17, 15) is 24.3 Å². The molecule has 218 valence electrons. The van der Waals surface area contributed by atoms with Crippen molar-refractivity contribution in [3.8, 4) is 0 Å². The summed E-state index contributed by atoms with van der Waals surface area (Å²) in [4.78, 5) is 63.5. The number of hydrogen-bond acceptors (Lipinski definition) is 16. The molecule has 1 saturated heterocycles. The van der Waals surface area contributed by atoms with E-state index < -0.39 is 47.0 Å². The molecule has 0 bridgehead atoms. The number of carboxylic acid groups (broad SMARTS) is 2. The lowest BCUT2D eigenvalue weighted by atomic mass is 10.0. The van der Waals surface area contributed by atoms with Crippen LogP contribution in [-0.4, -0.2) is 85.5 Å². The van der Waals surface area contributed by atoms with Gasteiger partial charge in [0.1, 0.15) is 17.1 Å². The molecule has 4 rings (SSSR count). The summed E-state index contributed by atoms with van der Waals surface area (Å²) in [5.41, 5.74) is 11.2. The Kier molecular flexibility index (Phi) is 8.73. The highest BCUT2D eigenvalue weighted by molar-refractivity contribution is 8.01. The SMILES string of the molecule is CNc1cc(N)nc(SCC2=C(C(=O)[O-])N3C(=O)C(NC(=O)/C(=N\O[C@@H](C)C(=O)O)c4csc(N)n4)[C@H]3SC2)[n+]1N. The molecular formula is C21H24N10O7S3. The molecule has 2 amide bonds. The Labute approximate surface area is 244 Å². The van der Waals surface area contributed by atoms with E-state index in [-0.39, 0.29) is 33.8 Å². The van der Waals surface area contributed by atoms with Crippen LogP contribution in [0.3, 0.4) is 0 Å². The summed E-state index contributed by atoms with van der Waals surface area (Å²) in [5.74, 6) is 2.57. The van der Waals surface area contributed by atoms with Crippen molar-refractivity contribution in [1.82, 2.24) is 20.2 Å². The van der Waals surface area contributed by atoms with Crippen LogP contribution in [0.5, 0.6) is 0 Å². The molecule has 2 aliphatic rings. The Morgan fingerprint density at radius 2 is 2.12 bits per heavy atom. The summed E-state index contributed by atoms with van der Waals surface area (Å²) in [7, 11) is 1.65. The molecule has 1 unspecified atom stereocenters. The van der Waals surface area contributed by atoms with Crippen molar-refractivity contribution in [2.45, 2.75) is 29.6 Å². The third-order valence-corrected chi connectivity index (χ3v) is 8.82. The van der Waals surface area contributed by atoms with Gasteiger partial charge in [-0.2, -0.15) is 0 Å². The summed E-state index contributed by atoms with van der Waals surface area (Å²) >= 11 is 3.36. The summed E-state index contributed by atoms with van der Waals surface area (Å²) < 4.78 is 1.26. The van der Waals surface area contributed by atoms with Crippen molar-refractivity contribution in [3.63, 3.8) is 0 Å². The molecule has 2 aliphatic heterocycles. The zero-order valence-electron chi connectivity index (χ0n) is 21.4. The molecule has 20 heteroatoms. The number of rotatable bonds is 11. The molecule has 0 aromatic carbocycles. The smallest absolute Gasteiger partial charge is 0.347 e. The Morgan fingerprint density at radius 1 is 1.39 bits per heavy atom. The highest BCUT2D eigenvalue weighted by Crippen LogP contribution is 2.41. The van der Waals surface area contributed by atoms with Crippen LogP contribution in [0.1, 0.15) is 12.6 Å². The summed E-state index contributed by atoms with van der Waals surface area (Å²) in [6.45, 7) is 1.21. The highest BCUT2D eigenvalue weighted by atomic mass is 32.2. The van der Waals surface area contributed by atoms with E-state index in [1.54, 1.807) is 7.05 Å². The quantitative estimate of drug-likeness (QED) is 0.0279. The first kappa shape index (κ1) is 29.7. The number of nitrogens with zero attached hydrogens (tertiary/aromatic N) is 5. The lowest BCUT2D eigenvalue weighted by molar-refractivity contribution is -0.667. The zero-order chi connectivity index (χ0) is 30.0. The van der Waals surface area contributed by atoms with E-state index in [4.69, 9.17) is 27.3 Å². The Morgan fingerprint density at radius 3 is 2.73 bits per heavy atom. The molecule has 1 fully saturated rings. The van der Waals surface area contributed by atoms with Gasteiger partial charge in [-0.15, -0.1) is 27.8 Å². The Bertz CT molecular complexity index is 1480. The minimum absolute atomic E-state index is 0.00544. The van der Waals surface area contributed by atoms with Gasteiger partial charge in [0, 0.05) is 23.9 Å². The van der Waals surface area contributed by atoms with Gasteiger partial charge in [-0.1, -0.05) is 10.1 Å². The van der Waals surface area contributed by atoms with Gasteiger partial charge in [0.15, 0.2) is 10.8 Å². The molecule has 2 aromatic rings. The Hall–Kier alpha value is -4.30. The predicted molar refractivity (Wildman–Crippen MR) is 148 cm³/mol. The summed E-state index contributed by atoms with van der Waals surface area (Å²) in [5, 5.41) is 31.3. The van der Waals surface area contributed by atoms with Crippen molar-refractivity contribution in [2.24, 2.45) is 5.16 Å². The first-order valence-corrected chi connectivity index (χ1v) is 14.5. The van der Waals surface area contributed by atoms with Crippen molar-refractivity contribution >= 4 is 81.1 Å². The maximum atomic E-state index is 13.1. The van der Waals surface area contributed by atoms with Gasteiger partial charge >= 0.3 is 11.1 Å². The van der Waals surface area contributed by atoms with Crippen LogP contribution in [-0.2, 0) is 24.0 Å². The first-order valence-electron chi connectivity index (χ1n) is 11.6. The van der Waals surface area contributed by atoms with Gasteiger partial charge in [0.2, 0.25) is 17.7 Å². The number of nitrogens with one attached hydrogen (secondary N) is 2. The van der Waals surface area contributed by atoms with Gasteiger partial charge in [-0.3, -0.25) is 20.3 Å². The third-order valence-electron chi connectivity index (χ3n) is 5.76. The molecule has 3 atom stereocenters. The third kappa shape index (κ3) is 6.07. The molecule has 2 aromatic heterocycles. The molecular weight excluding hydrogens is 600 g/mol. The molecule has 9 N–H and O–H groups in total. The highest BCUT2D eigenvalue weighted by Gasteiger charge is 2.53. The standard InChI is InChI=1S/C21H24N10O7S3/c1-7(18(34)35)38-29-12(9-6-40-20(23)26-9)15(32)28-13-16(33)30-14(19(36)37)8(4-39-17(13)30)5-41-21-27-10(22)3-11(25-2)31(21)24/h3,6-7,13,17H,4-5,24H2,1-2H3,(H7,22,23,25,26,28,32,34,35,36,37)/b29-12-/t7-,13?,17+/m0/s1. The van der Waals surface area contributed by atoms with Crippen LogP contribution in [0, 0.1) is 0 Å². The fourth-order valence-corrected chi connectivity index (χ4v) is 6.70. The largest absolute Gasteiger partial charge is 0.543 e. The molecule has 17 nitrogen and oxygen atoms in total. The van der Waals surface area contributed by atoms with Crippen molar-refractivity contribution in [2.75, 3.05) is 41.2 Å². The number of nitrogen functional groups attached to an aromatic ring is 3. The van der Waals surface area contributed by atoms with Gasteiger partial charge < -0.3 is 41.9 Å². The molecule has 41 heavy (non-hydrogen) atoms. The number of anilines is 3. The normalized spacial score (nSPS) is 19.2. The van der Waals surface area contributed by atoms with Gasteiger partial charge in [-0.25, -0.2) is 9.78 Å². The molecule has 0 aliphatic carbocycles. The van der Waals surface area contributed by atoms with Crippen molar-refractivity contribution in [1.29, 1.82) is 0 Å². The maximum absolute atomic E-state index is 13.1. The second kappa shape index (κ2) is 12.1. The maximum Gasteiger partial charge on any atom is 0.347 e. The summed E-state index contributed by atoms with van der Waals surface area (Å²) in [6, 6.07) is 0.414. The van der Waals surface area contributed by atoms with Crippen LogP contribution in [0.25, 0.3) is 0 Å². The van der Waals surface area contributed by atoms with E-state index in [1.165, 1.54) is 34.8 Å². The number of aromatic nitrogens is 3. The van der Waals surface area contributed by atoms with Gasteiger partial charge in [0.05, 0.1) is 17.7 Å². The fourth-order valence-electron chi connectivity index (χ4n) is 3.73. The second-order valence-electron chi connectivity index (χ2n) is 8.45. The molecule has 0 saturated carbocycles. The number of β-lactam (4-membered cyclic amide) rings is 1. The van der Waals surface area contributed by atoms with Crippen molar-refractivity contribution in [3.05, 3.63) is 28.4 Å². The van der Waals surface area contributed by atoms with E-state index in [1.807, 2.05) is 0 Å². The lowest BCUT2D eigenvalue weighted by Crippen LogP contribution is -2.71. The average molecular weight is 625 g/mol. The predicted octanol–water partition coefficient (Wildman–Crippen LogP) is -2.86. The van der Waals surface area contributed by atoms with E-state index in [0.29, 0.717) is 16.5 Å². The number of thiazole rings is 1. The summed E-state index contributed by atoms with van der Waals surface area (Å²) in [6.07, 6.45) is -1.38. The minimum atomic E-state index is -1.56. The minimum Gasteiger partial charge on any atom is -0.543 e. The number of aliphatic carboxylic acids is 2. The monoisotopic (exact) mass is 624 g/mol. The zero-order valence-corrected chi connectivity index (χ0v) is 23.8. The number of hydrogen-bond donors (Lipinski definition) is 6. The molecule has 4 heterocycles. The number of nitrogens with two attached hydrogens (primary N) is 3. The number of carbonyl (C=O) groups excluding carboxylic acids is 3.